The normalized spacial score (nSPS) is 12.7. The molecule has 0 spiro atoms. The largest absolute Gasteiger partial charge is 0.492 e. The number of nitrogens with two attached hydrogens (primary N) is 1. The van der Waals surface area contributed by atoms with E-state index in [-0.39, 0.29) is 5.92 Å². The van der Waals surface area contributed by atoms with Crippen LogP contribution in [0.1, 0.15) is 32.4 Å². The lowest BCUT2D eigenvalue weighted by Crippen LogP contribution is -2.20. The number of rotatable bonds is 6. The van der Waals surface area contributed by atoms with Crippen LogP contribution >= 0.6 is 0 Å². The van der Waals surface area contributed by atoms with Gasteiger partial charge in [-0.25, -0.2) is 4.98 Å². The number of nitrogens with zero attached hydrogens (tertiary/aromatic N) is 2. The van der Waals surface area contributed by atoms with Crippen molar-refractivity contribution < 1.29 is 4.74 Å². The van der Waals surface area contributed by atoms with E-state index in [1.807, 2.05) is 43.7 Å². The van der Waals surface area contributed by atoms with Crippen LogP contribution < -0.4 is 10.5 Å². The molecule has 4 nitrogen and oxygen atoms in total. The summed E-state index contributed by atoms with van der Waals surface area (Å²) in [5, 5.41) is 0. The molecule has 108 valence electrons. The van der Waals surface area contributed by atoms with E-state index in [1.54, 1.807) is 0 Å². The molecule has 1 aromatic carbocycles. The van der Waals surface area contributed by atoms with Crippen molar-refractivity contribution in [3.63, 3.8) is 0 Å². The number of aromatic nitrogens is 2. The fraction of sp³-hybridized carbons (Fsp3) is 0.438. The van der Waals surface area contributed by atoms with Crippen LogP contribution in [0.3, 0.4) is 0 Å². The maximum absolute atomic E-state index is 5.94. The lowest BCUT2D eigenvalue weighted by Gasteiger charge is -2.21. The lowest BCUT2D eigenvalue weighted by molar-refractivity contribution is 0.338. The summed E-state index contributed by atoms with van der Waals surface area (Å²) in [4.78, 5) is 4.30. The number of ether oxygens (including phenoxy) is 1. The first kappa shape index (κ1) is 14.6. The topological polar surface area (TPSA) is 53.1 Å². The molecule has 2 N–H and O–H groups in total. The first-order valence-electron chi connectivity index (χ1n) is 7.13. The van der Waals surface area contributed by atoms with Crippen LogP contribution in [-0.2, 0) is 0 Å². The SMILES string of the molecule is CCOc1ccccc1-n1cncc1C(CN)C(C)C. The molecule has 1 unspecified atom stereocenters. The predicted octanol–water partition coefficient (Wildman–Crippen LogP) is 2.97. The summed E-state index contributed by atoms with van der Waals surface area (Å²) in [7, 11) is 0. The van der Waals surface area contributed by atoms with Crippen molar-refractivity contribution in [2.75, 3.05) is 13.2 Å². The molecule has 0 aliphatic rings. The lowest BCUT2D eigenvalue weighted by atomic mass is 9.93. The van der Waals surface area contributed by atoms with Crippen molar-refractivity contribution in [1.29, 1.82) is 0 Å². The van der Waals surface area contributed by atoms with E-state index in [4.69, 9.17) is 10.5 Å². The van der Waals surface area contributed by atoms with E-state index in [9.17, 15) is 0 Å². The second kappa shape index (κ2) is 6.57. The van der Waals surface area contributed by atoms with Gasteiger partial charge in [-0.2, -0.15) is 0 Å². The van der Waals surface area contributed by atoms with Crippen molar-refractivity contribution in [2.24, 2.45) is 11.7 Å². The quantitative estimate of drug-likeness (QED) is 0.880. The molecule has 0 bridgehead atoms. The molecule has 1 aromatic heterocycles. The predicted molar refractivity (Wildman–Crippen MR) is 81.4 cm³/mol. The molecule has 2 rings (SSSR count). The summed E-state index contributed by atoms with van der Waals surface area (Å²) < 4.78 is 7.80. The molecule has 1 heterocycles. The number of imidazole rings is 1. The zero-order valence-corrected chi connectivity index (χ0v) is 12.4. The number of hydrogen-bond acceptors (Lipinski definition) is 3. The van der Waals surface area contributed by atoms with Crippen molar-refractivity contribution in [2.45, 2.75) is 26.7 Å². The Balaban J connectivity index is 2.47. The average Bonchev–Trinajstić information content (AvgIpc) is 2.89. The Hall–Kier alpha value is -1.81. The monoisotopic (exact) mass is 273 g/mol. The molecule has 4 heteroatoms. The summed E-state index contributed by atoms with van der Waals surface area (Å²) in [5.74, 6) is 1.62. The van der Waals surface area contributed by atoms with Crippen LogP contribution in [0, 0.1) is 5.92 Å². The number of benzene rings is 1. The molecule has 0 fully saturated rings. The van der Waals surface area contributed by atoms with E-state index in [0.717, 1.165) is 17.1 Å². The summed E-state index contributed by atoms with van der Waals surface area (Å²) in [5.41, 5.74) is 8.08. The Labute approximate surface area is 120 Å². The van der Waals surface area contributed by atoms with Gasteiger partial charge in [0.1, 0.15) is 5.75 Å². The fourth-order valence-corrected chi connectivity index (χ4v) is 2.45. The maximum Gasteiger partial charge on any atom is 0.143 e. The minimum atomic E-state index is 0.284. The molecule has 0 saturated heterocycles. The minimum absolute atomic E-state index is 0.284. The van der Waals surface area contributed by atoms with Gasteiger partial charge in [0.25, 0.3) is 0 Å². The highest BCUT2D eigenvalue weighted by molar-refractivity contribution is 5.48. The number of para-hydroxylation sites is 2. The van der Waals surface area contributed by atoms with Gasteiger partial charge in [0.2, 0.25) is 0 Å². The number of hydrogen-bond donors (Lipinski definition) is 1. The Morgan fingerprint density at radius 2 is 2.05 bits per heavy atom. The fourth-order valence-electron chi connectivity index (χ4n) is 2.45. The molecule has 1 atom stereocenters. The third kappa shape index (κ3) is 2.85. The molecule has 20 heavy (non-hydrogen) atoms. The van der Waals surface area contributed by atoms with Gasteiger partial charge in [-0.05, 0) is 25.0 Å². The summed E-state index contributed by atoms with van der Waals surface area (Å²) >= 11 is 0. The first-order chi connectivity index (χ1) is 9.69. The van der Waals surface area contributed by atoms with E-state index < -0.39 is 0 Å². The molecule has 0 aliphatic heterocycles. The molecule has 0 saturated carbocycles. The van der Waals surface area contributed by atoms with Crippen LogP contribution in [-0.4, -0.2) is 22.7 Å². The van der Waals surface area contributed by atoms with Gasteiger partial charge in [0.15, 0.2) is 0 Å². The highest BCUT2D eigenvalue weighted by Gasteiger charge is 2.20. The van der Waals surface area contributed by atoms with Crippen molar-refractivity contribution in [3.05, 3.63) is 42.5 Å². The van der Waals surface area contributed by atoms with E-state index in [1.165, 1.54) is 0 Å². The standard InChI is InChI=1S/C16H23N3O/c1-4-20-16-8-6-5-7-14(16)19-11-18-10-15(19)13(9-17)12(2)3/h5-8,10-13H,4,9,17H2,1-3H3. The van der Waals surface area contributed by atoms with Gasteiger partial charge in [-0.3, -0.25) is 4.57 Å². The Kier molecular flexibility index (Phi) is 4.79. The first-order valence-corrected chi connectivity index (χ1v) is 7.13. The smallest absolute Gasteiger partial charge is 0.143 e. The summed E-state index contributed by atoms with van der Waals surface area (Å²) in [6.45, 7) is 7.61. The van der Waals surface area contributed by atoms with Crippen molar-refractivity contribution in [3.8, 4) is 11.4 Å². The van der Waals surface area contributed by atoms with Crippen LogP contribution in [0.25, 0.3) is 5.69 Å². The zero-order chi connectivity index (χ0) is 14.5. The van der Waals surface area contributed by atoms with E-state index in [2.05, 4.69) is 23.4 Å². The minimum Gasteiger partial charge on any atom is -0.492 e. The molecule has 0 amide bonds. The van der Waals surface area contributed by atoms with Gasteiger partial charge in [-0.15, -0.1) is 0 Å². The van der Waals surface area contributed by atoms with Gasteiger partial charge in [0, 0.05) is 24.4 Å². The molecule has 2 aromatic rings. The van der Waals surface area contributed by atoms with E-state index >= 15 is 0 Å². The maximum atomic E-state index is 5.94. The third-order valence-corrected chi connectivity index (χ3v) is 3.53. The Morgan fingerprint density at radius 1 is 1.30 bits per heavy atom. The average molecular weight is 273 g/mol. The van der Waals surface area contributed by atoms with Crippen LogP contribution in [0.4, 0.5) is 0 Å². The van der Waals surface area contributed by atoms with Gasteiger partial charge in [0.05, 0.1) is 18.6 Å². The Bertz CT molecular complexity index is 548. The van der Waals surface area contributed by atoms with Gasteiger partial charge >= 0.3 is 0 Å². The summed E-state index contributed by atoms with van der Waals surface area (Å²) in [6.07, 6.45) is 3.73. The zero-order valence-electron chi connectivity index (χ0n) is 12.4. The molecule has 0 aliphatic carbocycles. The van der Waals surface area contributed by atoms with Crippen molar-refractivity contribution >= 4 is 0 Å². The van der Waals surface area contributed by atoms with Crippen LogP contribution in [0.15, 0.2) is 36.8 Å². The molecular formula is C16H23N3O. The van der Waals surface area contributed by atoms with Gasteiger partial charge < -0.3 is 10.5 Å². The second-order valence-electron chi connectivity index (χ2n) is 5.18. The van der Waals surface area contributed by atoms with Gasteiger partial charge in [-0.1, -0.05) is 26.0 Å². The van der Waals surface area contributed by atoms with Crippen LogP contribution in [0.5, 0.6) is 5.75 Å². The highest BCUT2D eigenvalue weighted by atomic mass is 16.5. The summed E-state index contributed by atoms with van der Waals surface area (Å²) in [6, 6.07) is 8.02. The highest BCUT2D eigenvalue weighted by Crippen LogP contribution is 2.29. The molecular weight excluding hydrogens is 250 g/mol. The molecule has 0 radical (unpaired) electrons. The third-order valence-electron chi connectivity index (χ3n) is 3.53. The van der Waals surface area contributed by atoms with Crippen molar-refractivity contribution in [1.82, 2.24) is 9.55 Å². The van der Waals surface area contributed by atoms with Crippen LogP contribution in [0.2, 0.25) is 0 Å². The second-order valence-corrected chi connectivity index (χ2v) is 5.18. The van der Waals surface area contributed by atoms with E-state index in [0.29, 0.717) is 19.1 Å². The Morgan fingerprint density at radius 3 is 2.70 bits per heavy atom.